The first-order valence-electron chi connectivity index (χ1n) is 5.39. The number of ether oxygens (including phenoxy) is 1. The Morgan fingerprint density at radius 2 is 2.18 bits per heavy atom. The predicted octanol–water partition coefficient (Wildman–Crippen LogP) is 2.07. The van der Waals surface area contributed by atoms with Gasteiger partial charge in [-0.2, -0.15) is 5.26 Å². The zero-order valence-electron chi connectivity index (χ0n) is 10.3. The summed E-state index contributed by atoms with van der Waals surface area (Å²) in [4.78, 5) is 13.7. The molecule has 0 radical (unpaired) electrons. The van der Waals surface area contributed by atoms with E-state index < -0.39 is 0 Å². The van der Waals surface area contributed by atoms with Gasteiger partial charge < -0.3 is 9.64 Å². The summed E-state index contributed by atoms with van der Waals surface area (Å²) < 4.78 is 5.14. The average Bonchev–Trinajstić information content (AvgIpc) is 2.37. The van der Waals surface area contributed by atoms with Gasteiger partial charge in [-0.15, -0.1) is 0 Å². The molecule has 0 saturated carbocycles. The molecule has 17 heavy (non-hydrogen) atoms. The third-order valence-corrected chi connectivity index (χ3v) is 2.71. The molecule has 4 nitrogen and oxygen atoms in total. The van der Waals surface area contributed by atoms with Crippen molar-refractivity contribution in [3.05, 3.63) is 29.8 Å². The summed E-state index contributed by atoms with van der Waals surface area (Å²) in [6, 6.07) is 9.01. The predicted molar refractivity (Wildman–Crippen MR) is 64.8 cm³/mol. The molecule has 0 heterocycles. The molecule has 0 spiro atoms. The molecule has 1 unspecified atom stereocenters. The third kappa shape index (κ3) is 2.97. The van der Waals surface area contributed by atoms with E-state index in [4.69, 9.17) is 10.00 Å². The number of carbonyl (C=O) groups is 1. The van der Waals surface area contributed by atoms with Gasteiger partial charge in [0.2, 0.25) is 0 Å². The highest BCUT2D eigenvalue weighted by Crippen LogP contribution is 2.19. The Labute approximate surface area is 101 Å². The molecule has 90 valence electrons. The number of nitriles is 1. The molecule has 1 amide bonds. The largest absolute Gasteiger partial charge is 0.496 e. The summed E-state index contributed by atoms with van der Waals surface area (Å²) >= 11 is 0. The van der Waals surface area contributed by atoms with Crippen LogP contribution in [0.2, 0.25) is 0 Å². The van der Waals surface area contributed by atoms with Crippen molar-refractivity contribution in [1.29, 1.82) is 5.26 Å². The number of para-hydroxylation sites is 1. The van der Waals surface area contributed by atoms with Crippen LogP contribution in [0.3, 0.4) is 0 Å². The highest BCUT2D eigenvalue weighted by Gasteiger charge is 2.19. The zero-order chi connectivity index (χ0) is 12.8. The molecule has 0 bridgehead atoms. The van der Waals surface area contributed by atoms with Gasteiger partial charge in [0, 0.05) is 13.1 Å². The summed E-state index contributed by atoms with van der Waals surface area (Å²) in [6.45, 7) is 1.84. The van der Waals surface area contributed by atoms with Crippen molar-refractivity contribution in [3.8, 4) is 11.8 Å². The normalized spacial score (nSPS) is 11.4. The lowest BCUT2D eigenvalue weighted by Gasteiger charge is -2.23. The number of amides is 1. The van der Waals surface area contributed by atoms with E-state index in [0.29, 0.717) is 17.7 Å². The molecule has 0 saturated heterocycles. The maximum absolute atomic E-state index is 12.2. The standard InChI is InChI=1S/C13H16N2O2/c1-10(8-9-14)15(2)13(16)11-6-4-5-7-12(11)17-3/h4-7,10H,8H2,1-3H3. The van der Waals surface area contributed by atoms with Crippen molar-refractivity contribution in [1.82, 2.24) is 4.90 Å². The number of nitrogens with zero attached hydrogens (tertiary/aromatic N) is 2. The van der Waals surface area contributed by atoms with Crippen LogP contribution >= 0.6 is 0 Å². The number of rotatable bonds is 4. The quantitative estimate of drug-likeness (QED) is 0.798. The lowest BCUT2D eigenvalue weighted by atomic mass is 10.1. The number of hydrogen-bond donors (Lipinski definition) is 0. The molecule has 0 aromatic heterocycles. The van der Waals surface area contributed by atoms with Crippen LogP contribution in [-0.4, -0.2) is 31.0 Å². The van der Waals surface area contributed by atoms with Crippen LogP contribution in [-0.2, 0) is 0 Å². The molecule has 1 aromatic carbocycles. The van der Waals surface area contributed by atoms with E-state index in [1.165, 1.54) is 7.11 Å². The van der Waals surface area contributed by atoms with Gasteiger partial charge in [0.05, 0.1) is 25.2 Å². The topological polar surface area (TPSA) is 53.3 Å². The lowest BCUT2D eigenvalue weighted by Crippen LogP contribution is -2.35. The van der Waals surface area contributed by atoms with Gasteiger partial charge in [-0.3, -0.25) is 4.79 Å². The second-order valence-corrected chi connectivity index (χ2v) is 3.83. The van der Waals surface area contributed by atoms with Crippen LogP contribution in [0.4, 0.5) is 0 Å². The number of carbonyl (C=O) groups excluding carboxylic acids is 1. The maximum Gasteiger partial charge on any atom is 0.257 e. The zero-order valence-corrected chi connectivity index (χ0v) is 10.3. The fourth-order valence-electron chi connectivity index (χ4n) is 1.48. The van der Waals surface area contributed by atoms with E-state index in [-0.39, 0.29) is 11.9 Å². The smallest absolute Gasteiger partial charge is 0.257 e. The monoisotopic (exact) mass is 232 g/mol. The lowest BCUT2D eigenvalue weighted by molar-refractivity contribution is 0.0743. The third-order valence-electron chi connectivity index (χ3n) is 2.71. The molecular formula is C13H16N2O2. The van der Waals surface area contributed by atoms with E-state index in [1.807, 2.05) is 13.0 Å². The molecule has 4 heteroatoms. The van der Waals surface area contributed by atoms with Gasteiger partial charge >= 0.3 is 0 Å². The van der Waals surface area contributed by atoms with Crippen LogP contribution in [0.15, 0.2) is 24.3 Å². The summed E-state index contributed by atoms with van der Waals surface area (Å²) in [5.74, 6) is 0.415. The fourth-order valence-corrected chi connectivity index (χ4v) is 1.48. The first-order chi connectivity index (χ1) is 8.11. The SMILES string of the molecule is COc1ccccc1C(=O)N(C)C(C)CC#N. The van der Waals surface area contributed by atoms with Gasteiger partial charge in [0.15, 0.2) is 0 Å². The van der Waals surface area contributed by atoms with E-state index in [2.05, 4.69) is 6.07 Å². The van der Waals surface area contributed by atoms with Gasteiger partial charge in [-0.25, -0.2) is 0 Å². The molecule has 0 aliphatic heterocycles. The van der Waals surface area contributed by atoms with Gasteiger partial charge in [0.1, 0.15) is 5.75 Å². The first-order valence-corrected chi connectivity index (χ1v) is 5.39. The Morgan fingerprint density at radius 1 is 1.53 bits per heavy atom. The molecule has 1 aromatic rings. The number of methoxy groups -OCH3 is 1. The minimum absolute atomic E-state index is 0.114. The van der Waals surface area contributed by atoms with Crippen LogP contribution in [0.25, 0.3) is 0 Å². The van der Waals surface area contributed by atoms with Gasteiger partial charge in [0.25, 0.3) is 5.91 Å². The Morgan fingerprint density at radius 3 is 2.76 bits per heavy atom. The van der Waals surface area contributed by atoms with Crippen LogP contribution < -0.4 is 4.74 Å². The van der Waals surface area contributed by atoms with E-state index in [9.17, 15) is 4.79 Å². The van der Waals surface area contributed by atoms with Crippen LogP contribution in [0.1, 0.15) is 23.7 Å². The fraction of sp³-hybridized carbons (Fsp3) is 0.385. The van der Waals surface area contributed by atoms with E-state index in [1.54, 1.807) is 30.1 Å². The minimum Gasteiger partial charge on any atom is -0.496 e. The van der Waals surface area contributed by atoms with Crippen molar-refractivity contribution in [2.75, 3.05) is 14.2 Å². The average molecular weight is 232 g/mol. The van der Waals surface area contributed by atoms with Crippen molar-refractivity contribution >= 4 is 5.91 Å². The van der Waals surface area contributed by atoms with Crippen molar-refractivity contribution < 1.29 is 9.53 Å². The Kier molecular flexibility index (Phi) is 4.53. The molecule has 0 N–H and O–H groups in total. The molecule has 0 fully saturated rings. The second-order valence-electron chi connectivity index (χ2n) is 3.83. The summed E-state index contributed by atoms with van der Waals surface area (Å²) in [5.41, 5.74) is 0.516. The molecular weight excluding hydrogens is 216 g/mol. The maximum atomic E-state index is 12.2. The number of hydrogen-bond acceptors (Lipinski definition) is 3. The Bertz CT molecular complexity index is 437. The minimum atomic E-state index is -0.134. The van der Waals surface area contributed by atoms with Gasteiger partial charge in [-0.1, -0.05) is 12.1 Å². The van der Waals surface area contributed by atoms with E-state index in [0.717, 1.165) is 0 Å². The summed E-state index contributed by atoms with van der Waals surface area (Å²) in [5, 5.41) is 8.63. The van der Waals surface area contributed by atoms with Gasteiger partial charge in [-0.05, 0) is 19.1 Å². The molecule has 0 aliphatic carbocycles. The van der Waals surface area contributed by atoms with E-state index >= 15 is 0 Å². The first kappa shape index (κ1) is 13.0. The summed E-state index contributed by atoms with van der Waals surface area (Å²) in [6.07, 6.45) is 0.317. The van der Waals surface area contributed by atoms with Crippen LogP contribution in [0.5, 0.6) is 5.75 Å². The highest BCUT2D eigenvalue weighted by atomic mass is 16.5. The molecule has 0 aliphatic rings. The second kappa shape index (κ2) is 5.90. The van der Waals surface area contributed by atoms with Crippen molar-refractivity contribution in [3.63, 3.8) is 0 Å². The van der Waals surface area contributed by atoms with Crippen molar-refractivity contribution in [2.24, 2.45) is 0 Å². The number of benzene rings is 1. The van der Waals surface area contributed by atoms with Crippen LogP contribution in [0, 0.1) is 11.3 Å². The highest BCUT2D eigenvalue weighted by molar-refractivity contribution is 5.96. The summed E-state index contributed by atoms with van der Waals surface area (Å²) in [7, 11) is 3.22. The Balaban J connectivity index is 2.93. The van der Waals surface area contributed by atoms with Crippen molar-refractivity contribution in [2.45, 2.75) is 19.4 Å². The molecule has 1 rings (SSSR count). The Hall–Kier alpha value is -2.02. The molecule has 1 atom stereocenters.